The largest absolute Gasteiger partial charge is 0.455 e. The average Bonchev–Trinajstić information content (AvgIpc) is 4.10. The van der Waals surface area contributed by atoms with Crippen molar-refractivity contribution < 1.29 is 4.42 Å². The molecule has 0 aliphatic heterocycles. The van der Waals surface area contributed by atoms with Crippen LogP contribution in [0.2, 0.25) is 0 Å². The van der Waals surface area contributed by atoms with Crippen LogP contribution in [0.4, 0.5) is 0 Å². The van der Waals surface area contributed by atoms with Gasteiger partial charge in [-0.05, 0) is 45.3 Å². The lowest BCUT2D eigenvalue weighted by Crippen LogP contribution is -2.00. The highest BCUT2D eigenvalue weighted by Crippen LogP contribution is 2.50. The van der Waals surface area contributed by atoms with E-state index in [9.17, 15) is 0 Å². The molecule has 1 aliphatic carbocycles. The van der Waals surface area contributed by atoms with Gasteiger partial charge in [-0.15, -0.1) is 0 Å². The van der Waals surface area contributed by atoms with E-state index in [2.05, 4.69) is 146 Å². The third-order valence-corrected chi connectivity index (χ3v) is 12.3. The van der Waals surface area contributed by atoms with Crippen molar-refractivity contribution in [3.05, 3.63) is 218 Å². The van der Waals surface area contributed by atoms with E-state index in [-0.39, 0.29) is 0 Å². The lowest BCUT2D eigenvalue weighted by molar-refractivity contribution is 0.670. The van der Waals surface area contributed by atoms with Gasteiger partial charge < -0.3 is 4.42 Å². The lowest BCUT2D eigenvalue weighted by atomic mass is 9.93. The summed E-state index contributed by atoms with van der Waals surface area (Å²) in [5.74, 6) is 2.47. The second-order valence-corrected chi connectivity index (χ2v) is 16.2. The lowest BCUT2D eigenvalue weighted by Gasteiger charge is -2.14. The van der Waals surface area contributed by atoms with Crippen LogP contribution >= 0.6 is 0 Å². The molecule has 64 heavy (non-hydrogen) atoms. The number of nitrogens with zero attached hydrogens (tertiary/aromatic N) is 5. The van der Waals surface area contributed by atoms with Crippen LogP contribution in [-0.4, -0.2) is 24.9 Å². The van der Waals surface area contributed by atoms with Crippen molar-refractivity contribution in [2.75, 3.05) is 0 Å². The Labute approximate surface area is 368 Å². The van der Waals surface area contributed by atoms with Gasteiger partial charge in [-0.2, -0.15) is 0 Å². The summed E-state index contributed by atoms with van der Waals surface area (Å²) in [7, 11) is 0. The molecule has 1 radical (unpaired) electrons. The van der Waals surface area contributed by atoms with E-state index in [0.29, 0.717) is 23.3 Å². The number of benzene rings is 9. The summed E-state index contributed by atoms with van der Waals surface area (Å²) in [5.41, 5.74) is 14.9. The Morgan fingerprint density at radius 1 is 0.312 bits per heavy atom. The van der Waals surface area contributed by atoms with Crippen LogP contribution in [0.25, 0.3) is 123 Å². The standard InChI is InChI=1S/C58H34N5O/c1-5-15-35(16-6-1)36-27-29-40(30-28-36)57-61-56(39-21-11-4-12-22-39)62-58(63-57)41-31-32-42-45-25-14-26-46(54(45)64-49(42)33-41)43-23-13-24-44-47-34-48(47)51-52(37-17-7-2-8-18-37)59-55(60-53(51)50(43)44)38-19-9-3-10-20-38/h1-34H. The Morgan fingerprint density at radius 3 is 1.47 bits per heavy atom. The average molecular weight is 817 g/mol. The smallest absolute Gasteiger partial charge is 0.164 e. The molecule has 13 rings (SSSR count). The highest BCUT2D eigenvalue weighted by Gasteiger charge is 2.31. The van der Waals surface area contributed by atoms with Gasteiger partial charge in [0.1, 0.15) is 11.2 Å². The Bertz CT molecular complexity index is 3780. The van der Waals surface area contributed by atoms with E-state index in [4.69, 9.17) is 29.3 Å². The number of fused-ring (bicyclic) bond motifs is 9. The molecule has 0 spiro atoms. The SMILES string of the molecule is [CH]1c2c1c1c(-c3ccccc3)nc(-c3ccccc3)nc1c1c(-c3cccc4c3oc3cc(-c5nc(-c6ccccc6)nc(-c6ccc(-c7ccccc7)cc6)n5)ccc34)cccc21. The monoisotopic (exact) mass is 816 g/mol. The number of hydrogen-bond acceptors (Lipinski definition) is 6. The quantitative estimate of drug-likeness (QED) is 0.149. The number of rotatable bonds is 7. The van der Waals surface area contributed by atoms with Gasteiger partial charge >= 0.3 is 0 Å². The molecule has 0 saturated carbocycles. The van der Waals surface area contributed by atoms with Crippen molar-refractivity contribution in [3.8, 4) is 79.1 Å². The second kappa shape index (κ2) is 14.5. The van der Waals surface area contributed by atoms with Gasteiger partial charge in [-0.25, -0.2) is 24.9 Å². The van der Waals surface area contributed by atoms with Crippen molar-refractivity contribution in [2.45, 2.75) is 0 Å². The fourth-order valence-corrected chi connectivity index (χ4v) is 9.15. The van der Waals surface area contributed by atoms with Crippen LogP contribution in [-0.2, 0) is 0 Å². The Kier molecular flexibility index (Phi) is 8.18. The minimum atomic E-state index is 0.570. The first-order chi connectivity index (χ1) is 31.7. The summed E-state index contributed by atoms with van der Waals surface area (Å²) in [4.78, 5) is 25.8. The van der Waals surface area contributed by atoms with Crippen LogP contribution in [0.5, 0.6) is 0 Å². The maximum absolute atomic E-state index is 6.96. The molecule has 0 amide bonds. The summed E-state index contributed by atoms with van der Waals surface area (Å²) in [6.45, 7) is 0. The molecule has 6 nitrogen and oxygen atoms in total. The van der Waals surface area contributed by atoms with Gasteiger partial charge in [0, 0.05) is 61.3 Å². The molecule has 12 aromatic rings. The Hall–Kier alpha value is -8.61. The van der Waals surface area contributed by atoms with E-state index in [1.54, 1.807) is 0 Å². The zero-order valence-corrected chi connectivity index (χ0v) is 34.3. The van der Waals surface area contributed by atoms with Crippen molar-refractivity contribution >= 4 is 43.6 Å². The Balaban J connectivity index is 0.979. The van der Waals surface area contributed by atoms with Crippen molar-refractivity contribution in [1.82, 2.24) is 24.9 Å². The summed E-state index contributed by atoms with van der Waals surface area (Å²) in [6, 6.07) is 68.8. The van der Waals surface area contributed by atoms with E-state index < -0.39 is 0 Å². The molecule has 0 saturated heterocycles. The fourth-order valence-electron chi connectivity index (χ4n) is 9.15. The summed E-state index contributed by atoms with van der Waals surface area (Å²) in [6.07, 6.45) is 2.27. The fraction of sp³-hybridized carbons (Fsp3) is 0. The molecule has 3 aromatic heterocycles. The first-order valence-electron chi connectivity index (χ1n) is 21.4. The van der Waals surface area contributed by atoms with Gasteiger partial charge in [0.25, 0.3) is 0 Å². The number of para-hydroxylation sites is 1. The molecular formula is C58H34N5O. The van der Waals surface area contributed by atoms with E-state index in [1.165, 1.54) is 16.5 Å². The molecule has 0 fully saturated rings. The van der Waals surface area contributed by atoms with Crippen molar-refractivity contribution in [1.29, 1.82) is 0 Å². The molecule has 9 aromatic carbocycles. The first-order valence-corrected chi connectivity index (χ1v) is 21.4. The van der Waals surface area contributed by atoms with E-state index in [1.807, 2.05) is 60.7 Å². The van der Waals surface area contributed by atoms with Crippen LogP contribution in [0.1, 0.15) is 11.1 Å². The van der Waals surface area contributed by atoms with E-state index >= 15 is 0 Å². The number of furan rings is 1. The molecule has 0 atom stereocenters. The normalized spacial score (nSPS) is 12.0. The molecule has 0 bridgehead atoms. The molecule has 0 unspecified atom stereocenters. The van der Waals surface area contributed by atoms with Gasteiger partial charge in [0.2, 0.25) is 0 Å². The van der Waals surface area contributed by atoms with Gasteiger partial charge in [0.15, 0.2) is 23.3 Å². The molecule has 3 heterocycles. The van der Waals surface area contributed by atoms with E-state index in [0.717, 1.165) is 94.0 Å². The minimum absolute atomic E-state index is 0.570. The number of aromatic nitrogens is 5. The summed E-state index contributed by atoms with van der Waals surface area (Å²) < 4.78 is 6.96. The maximum Gasteiger partial charge on any atom is 0.164 e. The van der Waals surface area contributed by atoms with Crippen molar-refractivity contribution in [2.24, 2.45) is 0 Å². The molecule has 1 aliphatic rings. The second-order valence-electron chi connectivity index (χ2n) is 16.2. The molecule has 0 N–H and O–H groups in total. The predicted molar refractivity (Wildman–Crippen MR) is 258 cm³/mol. The third-order valence-electron chi connectivity index (χ3n) is 12.3. The molecule has 297 valence electrons. The van der Waals surface area contributed by atoms with Gasteiger partial charge in [-0.3, -0.25) is 0 Å². The van der Waals surface area contributed by atoms with Gasteiger partial charge in [0.05, 0.1) is 11.2 Å². The topological polar surface area (TPSA) is 77.6 Å². The highest BCUT2D eigenvalue weighted by atomic mass is 16.3. The van der Waals surface area contributed by atoms with Crippen LogP contribution in [0.15, 0.2) is 205 Å². The first kappa shape index (κ1) is 36.1. The van der Waals surface area contributed by atoms with Crippen LogP contribution in [0.3, 0.4) is 0 Å². The van der Waals surface area contributed by atoms with Gasteiger partial charge in [-0.1, -0.05) is 188 Å². The third kappa shape index (κ3) is 5.99. The highest BCUT2D eigenvalue weighted by molar-refractivity contribution is 6.23. The number of hydrogen-bond donors (Lipinski definition) is 0. The zero-order valence-electron chi connectivity index (χ0n) is 34.3. The van der Waals surface area contributed by atoms with Crippen LogP contribution in [0, 0.1) is 6.42 Å². The van der Waals surface area contributed by atoms with Crippen LogP contribution < -0.4 is 0 Å². The summed E-state index contributed by atoms with van der Waals surface area (Å²) >= 11 is 0. The summed E-state index contributed by atoms with van der Waals surface area (Å²) in [5, 5.41) is 5.37. The minimum Gasteiger partial charge on any atom is -0.455 e. The molecule has 6 heteroatoms. The van der Waals surface area contributed by atoms with Crippen molar-refractivity contribution in [3.63, 3.8) is 0 Å². The maximum atomic E-state index is 6.96. The predicted octanol–water partition coefficient (Wildman–Crippen LogP) is 14.5. The Morgan fingerprint density at radius 2 is 0.812 bits per heavy atom. The molecular weight excluding hydrogens is 783 g/mol. The zero-order chi connectivity index (χ0) is 42.1.